The first-order chi connectivity index (χ1) is 14.8. The van der Waals surface area contributed by atoms with E-state index < -0.39 is 0 Å². The maximum Gasteiger partial charge on any atom is 0.214 e. The fourth-order valence-electron chi connectivity index (χ4n) is 4.34. The largest absolute Gasteiger partial charge is 0.381 e. The standard InChI is InChI=1S/C25H31N3O2.ClH/c1-2-29-19-25(13-12-21-6-4-3-5-7-21)14-16-28(17-15-25)18-22-8-10-23(11-9-22)24-26-20-30-27-24;/h3-11,20H,2,12-19H2,1H3;1H. The first-order valence-electron chi connectivity index (χ1n) is 11.0. The minimum absolute atomic E-state index is 0. The smallest absolute Gasteiger partial charge is 0.214 e. The van der Waals surface area contributed by atoms with E-state index in [1.807, 2.05) is 0 Å². The molecule has 5 nitrogen and oxygen atoms in total. The molecule has 0 spiro atoms. The normalized spacial score (nSPS) is 16.0. The quantitative estimate of drug-likeness (QED) is 0.444. The van der Waals surface area contributed by atoms with Gasteiger partial charge in [-0.25, -0.2) is 0 Å². The molecule has 0 aliphatic carbocycles. The van der Waals surface area contributed by atoms with Gasteiger partial charge in [0, 0.05) is 18.7 Å². The van der Waals surface area contributed by atoms with E-state index in [1.54, 1.807) is 0 Å². The summed E-state index contributed by atoms with van der Waals surface area (Å²) in [7, 11) is 0. The molecule has 0 N–H and O–H groups in total. The van der Waals surface area contributed by atoms with E-state index in [4.69, 9.17) is 9.26 Å². The van der Waals surface area contributed by atoms with Gasteiger partial charge >= 0.3 is 0 Å². The molecule has 166 valence electrons. The van der Waals surface area contributed by atoms with Gasteiger partial charge in [-0.3, -0.25) is 4.90 Å². The average Bonchev–Trinajstić information content (AvgIpc) is 3.34. The Bertz CT molecular complexity index is 877. The Morgan fingerprint density at radius 1 is 1.00 bits per heavy atom. The van der Waals surface area contributed by atoms with Gasteiger partial charge in [-0.1, -0.05) is 59.8 Å². The number of likely N-dealkylation sites (tertiary alicyclic amines) is 1. The highest BCUT2D eigenvalue weighted by Gasteiger charge is 2.34. The first kappa shape index (κ1) is 23.5. The molecule has 2 aromatic carbocycles. The third-order valence-electron chi connectivity index (χ3n) is 6.30. The van der Waals surface area contributed by atoms with E-state index in [2.05, 4.69) is 76.6 Å². The fourth-order valence-corrected chi connectivity index (χ4v) is 4.34. The van der Waals surface area contributed by atoms with Crippen LogP contribution < -0.4 is 0 Å². The lowest BCUT2D eigenvalue weighted by atomic mass is 9.74. The molecule has 2 heterocycles. The monoisotopic (exact) mass is 441 g/mol. The van der Waals surface area contributed by atoms with Crippen LogP contribution in [0.25, 0.3) is 11.4 Å². The summed E-state index contributed by atoms with van der Waals surface area (Å²) in [5, 5.41) is 3.90. The molecule has 3 aromatic rings. The number of ether oxygens (including phenoxy) is 1. The Kier molecular flexibility index (Phi) is 8.64. The van der Waals surface area contributed by atoms with E-state index >= 15 is 0 Å². The second kappa shape index (κ2) is 11.4. The van der Waals surface area contributed by atoms with Crippen molar-refractivity contribution in [3.63, 3.8) is 0 Å². The Labute approximate surface area is 191 Å². The molecular formula is C25H32ClN3O2. The molecule has 1 saturated heterocycles. The highest BCUT2D eigenvalue weighted by molar-refractivity contribution is 5.85. The SMILES string of the molecule is CCOCC1(CCc2ccccc2)CCN(Cc2ccc(-c3ncon3)cc2)CC1.Cl. The van der Waals surface area contributed by atoms with E-state index in [0.717, 1.165) is 44.8 Å². The maximum atomic E-state index is 5.93. The summed E-state index contributed by atoms with van der Waals surface area (Å²) in [6.07, 6.45) is 6.08. The first-order valence-corrected chi connectivity index (χ1v) is 11.0. The molecule has 0 amide bonds. The van der Waals surface area contributed by atoms with Gasteiger partial charge in [0.25, 0.3) is 0 Å². The molecule has 1 fully saturated rings. The van der Waals surface area contributed by atoms with Gasteiger partial charge < -0.3 is 9.26 Å². The van der Waals surface area contributed by atoms with Gasteiger partial charge in [0.05, 0.1) is 6.61 Å². The number of nitrogens with zero attached hydrogens (tertiary/aromatic N) is 3. The summed E-state index contributed by atoms with van der Waals surface area (Å²) < 4.78 is 10.8. The van der Waals surface area contributed by atoms with Crippen LogP contribution in [0.4, 0.5) is 0 Å². The van der Waals surface area contributed by atoms with Crippen molar-refractivity contribution in [2.75, 3.05) is 26.3 Å². The van der Waals surface area contributed by atoms with Gasteiger partial charge in [0.1, 0.15) is 0 Å². The van der Waals surface area contributed by atoms with Crippen LogP contribution in [-0.2, 0) is 17.7 Å². The zero-order chi connectivity index (χ0) is 20.7. The minimum atomic E-state index is 0. The van der Waals surface area contributed by atoms with Crippen molar-refractivity contribution < 1.29 is 9.26 Å². The third-order valence-corrected chi connectivity index (χ3v) is 6.30. The maximum absolute atomic E-state index is 5.93. The number of aromatic nitrogens is 2. The van der Waals surface area contributed by atoms with Gasteiger partial charge in [0.15, 0.2) is 0 Å². The van der Waals surface area contributed by atoms with Gasteiger partial charge in [-0.2, -0.15) is 4.98 Å². The topological polar surface area (TPSA) is 51.4 Å². The molecular weight excluding hydrogens is 410 g/mol. The molecule has 1 aromatic heterocycles. The zero-order valence-corrected chi connectivity index (χ0v) is 19.0. The lowest BCUT2D eigenvalue weighted by Crippen LogP contribution is -2.42. The molecule has 1 aliphatic heterocycles. The Hall–Kier alpha value is -2.21. The molecule has 0 atom stereocenters. The second-order valence-electron chi connectivity index (χ2n) is 8.35. The van der Waals surface area contributed by atoms with Crippen LogP contribution in [0.5, 0.6) is 0 Å². The van der Waals surface area contributed by atoms with Crippen molar-refractivity contribution >= 4 is 12.4 Å². The van der Waals surface area contributed by atoms with Crippen LogP contribution in [0, 0.1) is 5.41 Å². The van der Waals surface area contributed by atoms with Crippen LogP contribution in [0.2, 0.25) is 0 Å². The summed E-state index contributed by atoms with van der Waals surface area (Å²) in [4.78, 5) is 6.68. The van der Waals surface area contributed by atoms with E-state index in [0.29, 0.717) is 11.2 Å². The average molecular weight is 442 g/mol. The van der Waals surface area contributed by atoms with E-state index in [-0.39, 0.29) is 12.4 Å². The van der Waals surface area contributed by atoms with Crippen LogP contribution in [0.3, 0.4) is 0 Å². The highest BCUT2D eigenvalue weighted by atomic mass is 35.5. The van der Waals surface area contributed by atoms with Crippen molar-refractivity contribution in [1.29, 1.82) is 0 Å². The zero-order valence-electron chi connectivity index (χ0n) is 18.2. The van der Waals surface area contributed by atoms with Crippen molar-refractivity contribution in [2.24, 2.45) is 5.41 Å². The number of halogens is 1. The third kappa shape index (κ3) is 6.39. The number of piperidine rings is 1. The molecule has 31 heavy (non-hydrogen) atoms. The predicted octanol–water partition coefficient (Wildman–Crippen LogP) is 5.41. The second-order valence-corrected chi connectivity index (χ2v) is 8.35. The van der Waals surface area contributed by atoms with Crippen molar-refractivity contribution in [3.8, 4) is 11.4 Å². The van der Waals surface area contributed by atoms with Gasteiger partial charge in [0.2, 0.25) is 12.2 Å². The van der Waals surface area contributed by atoms with Crippen molar-refractivity contribution in [2.45, 2.75) is 39.2 Å². The number of benzene rings is 2. The minimum Gasteiger partial charge on any atom is -0.381 e. The van der Waals surface area contributed by atoms with Crippen molar-refractivity contribution in [3.05, 3.63) is 72.1 Å². The van der Waals surface area contributed by atoms with Crippen molar-refractivity contribution in [1.82, 2.24) is 15.0 Å². The Morgan fingerprint density at radius 3 is 2.39 bits per heavy atom. The van der Waals surface area contributed by atoms with Crippen LogP contribution in [-0.4, -0.2) is 41.3 Å². The summed E-state index contributed by atoms with van der Waals surface area (Å²) in [5.41, 5.74) is 4.04. The van der Waals surface area contributed by atoms with E-state index in [1.165, 1.54) is 36.8 Å². The fraction of sp³-hybridized carbons (Fsp3) is 0.440. The van der Waals surface area contributed by atoms with Gasteiger partial charge in [-0.15, -0.1) is 12.4 Å². The molecule has 0 unspecified atom stereocenters. The van der Waals surface area contributed by atoms with Gasteiger partial charge in [-0.05, 0) is 62.2 Å². The van der Waals surface area contributed by atoms with Crippen LogP contribution in [0.15, 0.2) is 65.5 Å². The molecule has 6 heteroatoms. The summed E-state index contributed by atoms with van der Waals surface area (Å²) in [6, 6.07) is 19.3. The number of hydrogen-bond acceptors (Lipinski definition) is 5. The van der Waals surface area contributed by atoms with Crippen LogP contribution >= 0.6 is 12.4 Å². The summed E-state index contributed by atoms with van der Waals surface area (Å²) in [6.45, 7) is 6.99. The molecule has 1 aliphatic rings. The molecule has 0 radical (unpaired) electrons. The number of hydrogen-bond donors (Lipinski definition) is 0. The summed E-state index contributed by atoms with van der Waals surface area (Å²) >= 11 is 0. The molecule has 0 saturated carbocycles. The predicted molar refractivity (Wildman–Crippen MR) is 125 cm³/mol. The lowest BCUT2D eigenvalue weighted by Gasteiger charge is -2.42. The summed E-state index contributed by atoms with van der Waals surface area (Å²) in [5.74, 6) is 0.638. The Balaban J connectivity index is 0.00000272. The number of rotatable bonds is 9. The molecule has 4 rings (SSSR count). The Morgan fingerprint density at radius 2 is 1.74 bits per heavy atom. The van der Waals surface area contributed by atoms with E-state index in [9.17, 15) is 0 Å². The number of aryl methyl sites for hydroxylation is 1. The lowest BCUT2D eigenvalue weighted by molar-refractivity contribution is -0.00232. The molecule has 0 bridgehead atoms. The van der Waals surface area contributed by atoms with Crippen LogP contribution in [0.1, 0.15) is 37.3 Å². The highest BCUT2D eigenvalue weighted by Crippen LogP contribution is 2.37.